The minimum Gasteiger partial charge on any atom is -0.497 e. The number of carbonyl (C=O) groups is 1. The Hall–Kier alpha value is -2.77. The Morgan fingerprint density at radius 3 is 2.62 bits per heavy atom. The molecule has 0 atom stereocenters. The second-order valence-electron chi connectivity index (χ2n) is 6.62. The van der Waals surface area contributed by atoms with Crippen LogP contribution in [0.2, 0.25) is 0 Å². The summed E-state index contributed by atoms with van der Waals surface area (Å²) in [6.07, 6.45) is 6.24. The lowest BCUT2D eigenvalue weighted by Crippen LogP contribution is -2.42. The van der Waals surface area contributed by atoms with E-state index in [0.717, 1.165) is 17.7 Å². The van der Waals surface area contributed by atoms with Crippen molar-refractivity contribution in [1.29, 1.82) is 0 Å². The van der Waals surface area contributed by atoms with Gasteiger partial charge in [-0.2, -0.15) is 0 Å². The number of halogens is 1. The second-order valence-corrected chi connectivity index (χ2v) is 6.62. The van der Waals surface area contributed by atoms with Gasteiger partial charge < -0.3 is 25.4 Å². The van der Waals surface area contributed by atoms with Crippen LogP contribution in [0.4, 0.5) is 5.69 Å². The van der Waals surface area contributed by atoms with E-state index in [1.807, 2.05) is 37.3 Å². The van der Waals surface area contributed by atoms with Gasteiger partial charge in [0, 0.05) is 31.0 Å². The molecule has 1 amide bonds. The number of benzene rings is 2. The maximum Gasteiger partial charge on any atom is 0.243 e. The van der Waals surface area contributed by atoms with Crippen molar-refractivity contribution in [2.45, 2.75) is 19.9 Å². The van der Waals surface area contributed by atoms with Crippen LogP contribution in [-0.2, 0) is 16.1 Å². The number of hydrogen-bond donors (Lipinski definition) is 3. The molecular weight excluding hydrogens is 519 g/mol. The van der Waals surface area contributed by atoms with Crippen LogP contribution in [0.3, 0.4) is 0 Å². The van der Waals surface area contributed by atoms with Gasteiger partial charge >= 0.3 is 0 Å². The van der Waals surface area contributed by atoms with E-state index in [1.165, 1.54) is 0 Å². The molecular formula is C24H31IN4O3. The van der Waals surface area contributed by atoms with E-state index in [-0.39, 0.29) is 36.4 Å². The molecule has 32 heavy (non-hydrogen) atoms. The lowest BCUT2D eigenvalue weighted by molar-refractivity contribution is -0.115. The van der Waals surface area contributed by atoms with Crippen LogP contribution in [0.25, 0.3) is 0 Å². The summed E-state index contributed by atoms with van der Waals surface area (Å²) in [6, 6.07) is 14.9. The Labute approximate surface area is 207 Å². The van der Waals surface area contributed by atoms with Gasteiger partial charge in [0.25, 0.3) is 0 Å². The average Bonchev–Trinajstić information content (AvgIpc) is 2.80. The summed E-state index contributed by atoms with van der Waals surface area (Å²) in [5.41, 5.74) is 2.40. The van der Waals surface area contributed by atoms with E-state index >= 15 is 0 Å². The van der Waals surface area contributed by atoms with Crippen LogP contribution in [0.5, 0.6) is 5.75 Å². The van der Waals surface area contributed by atoms with Gasteiger partial charge in [-0.05, 0) is 49.2 Å². The lowest BCUT2D eigenvalue weighted by atomic mass is 10.2. The molecule has 8 heteroatoms. The second kappa shape index (κ2) is 15.9. The first kappa shape index (κ1) is 27.3. The Balaban J connectivity index is 0.00000512. The predicted octanol–water partition coefficient (Wildman–Crippen LogP) is 3.40. The van der Waals surface area contributed by atoms with Gasteiger partial charge in [0.05, 0.1) is 20.2 Å². The van der Waals surface area contributed by atoms with Crippen LogP contribution in [-0.4, -0.2) is 45.3 Å². The first-order chi connectivity index (χ1) is 15.1. The Bertz CT molecular complexity index is 895. The highest BCUT2D eigenvalue weighted by Crippen LogP contribution is 2.12. The summed E-state index contributed by atoms with van der Waals surface area (Å²) >= 11 is 0. The minimum atomic E-state index is -0.192. The number of methoxy groups -OCH3 is 1. The summed E-state index contributed by atoms with van der Waals surface area (Å²) < 4.78 is 10.5. The number of nitrogens with zero attached hydrogens (tertiary/aromatic N) is 1. The number of ether oxygens (including phenoxy) is 2. The number of aliphatic imine (C=N–C) groups is 1. The number of hydrogen-bond acceptors (Lipinski definition) is 4. The first-order valence-corrected chi connectivity index (χ1v) is 10.2. The molecule has 0 heterocycles. The van der Waals surface area contributed by atoms with Crippen LogP contribution in [0.15, 0.2) is 53.5 Å². The maximum absolute atomic E-state index is 12.3. The minimum absolute atomic E-state index is 0. The number of nitrogens with one attached hydrogen (secondary N) is 3. The van der Waals surface area contributed by atoms with Crippen LogP contribution in [0, 0.1) is 12.3 Å². The van der Waals surface area contributed by atoms with Gasteiger partial charge in [0.15, 0.2) is 5.96 Å². The van der Waals surface area contributed by atoms with E-state index in [2.05, 4.69) is 26.9 Å². The van der Waals surface area contributed by atoms with Crippen molar-refractivity contribution in [3.63, 3.8) is 0 Å². The maximum atomic E-state index is 12.3. The van der Waals surface area contributed by atoms with E-state index in [1.54, 1.807) is 25.3 Å². The first-order valence-electron chi connectivity index (χ1n) is 10.2. The normalized spacial score (nSPS) is 10.5. The van der Waals surface area contributed by atoms with Crippen molar-refractivity contribution in [1.82, 2.24) is 10.6 Å². The molecule has 2 rings (SSSR count). The highest BCUT2D eigenvalue weighted by Gasteiger charge is 2.06. The molecule has 0 aliphatic rings. The summed E-state index contributed by atoms with van der Waals surface area (Å²) in [5, 5.41) is 9.14. The van der Waals surface area contributed by atoms with Crippen LogP contribution < -0.4 is 20.7 Å². The number of amides is 1. The molecule has 172 valence electrons. The molecule has 0 saturated heterocycles. The molecule has 0 unspecified atom stereocenters. The van der Waals surface area contributed by atoms with Gasteiger partial charge in [0.2, 0.25) is 5.91 Å². The zero-order valence-electron chi connectivity index (χ0n) is 18.5. The number of rotatable bonds is 11. The fraction of sp³-hybridized carbons (Fsp3) is 0.333. The highest BCUT2D eigenvalue weighted by atomic mass is 127. The fourth-order valence-electron chi connectivity index (χ4n) is 2.66. The molecule has 0 spiro atoms. The van der Waals surface area contributed by atoms with Crippen LogP contribution >= 0.6 is 24.0 Å². The largest absolute Gasteiger partial charge is 0.497 e. The third-order valence-corrected chi connectivity index (χ3v) is 4.27. The van der Waals surface area contributed by atoms with E-state index < -0.39 is 0 Å². The van der Waals surface area contributed by atoms with Crippen molar-refractivity contribution in [2.24, 2.45) is 4.99 Å². The summed E-state index contributed by atoms with van der Waals surface area (Å²) in [5.74, 6) is 3.71. The summed E-state index contributed by atoms with van der Waals surface area (Å²) in [6.45, 7) is 4.55. The van der Waals surface area contributed by atoms with Crippen LogP contribution in [0.1, 0.15) is 24.5 Å². The molecule has 2 aromatic carbocycles. The number of guanidine groups is 1. The zero-order chi connectivity index (χ0) is 22.3. The molecule has 0 saturated carbocycles. The smallest absolute Gasteiger partial charge is 0.243 e. The standard InChI is InChI=1S/C24H30N4O3.HI/c1-4-19-8-6-9-21(16-19)28-23(29)18-27-24(25-14-7-15-31-5-2)26-17-20-10-12-22(30-3)13-11-20;/h1,6,8-13,16H,5,7,14-15,17-18H2,2-3H3,(H,28,29)(H2,25,26,27);1H. The third-order valence-electron chi connectivity index (χ3n) is 4.27. The molecule has 2 aromatic rings. The highest BCUT2D eigenvalue weighted by molar-refractivity contribution is 14.0. The van der Waals surface area contributed by atoms with Crippen molar-refractivity contribution in [2.75, 3.05) is 38.7 Å². The van der Waals surface area contributed by atoms with Crippen molar-refractivity contribution in [3.05, 3.63) is 59.7 Å². The third kappa shape index (κ3) is 10.5. The van der Waals surface area contributed by atoms with Gasteiger partial charge in [0.1, 0.15) is 5.75 Å². The summed E-state index contributed by atoms with van der Waals surface area (Å²) in [7, 11) is 1.63. The lowest BCUT2D eigenvalue weighted by Gasteiger charge is -2.13. The molecule has 0 aliphatic carbocycles. The molecule has 0 aliphatic heterocycles. The molecule has 3 N–H and O–H groups in total. The van der Waals surface area contributed by atoms with Crippen molar-refractivity contribution in [3.8, 4) is 18.1 Å². The van der Waals surface area contributed by atoms with Crippen molar-refractivity contribution >= 4 is 41.5 Å². The molecule has 0 bridgehead atoms. The van der Waals surface area contributed by atoms with Gasteiger partial charge in [-0.15, -0.1) is 30.4 Å². The van der Waals surface area contributed by atoms with Gasteiger partial charge in [-0.25, -0.2) is 4.99 Å². The Morgan fingerprint density at radius 2 is 1.94 bits per heavy atom. The molecule has 7 nitrogen and oxygen atoms in total. The summed E-state index contributed by atoms with van der Waals surface area (Å²) in [4.78, 5) is 16.9. The van der Waals surface area contributed by atoms with E-state index in [4.69, 9.17) is 15.9 Å². The monoisotopic (exact) mass is 550 g/mol. The number of terminal acetylenes is 1. The predicted molar refractivity (Wildman–Crippen MR) is 140 cm³/mol. The molecule has 0 radical (unpaired) electrons. The fourth-order valence-corrected chi connectivity index (χ4v) is 2.66. The SMILES string of the molecule is C#Cc1cccc(NC(=O)CNC(=NCc2ccc(OC)cc2)NCCCOCC)c1.I. The molecule has 0 aromatic heterocycles. The topological polar surface area (TPSA) is 84.0 Å². The van der Waals surface area contributed by atoms with Crippen molar-refractivity contribution < 1.29 is 14.3 Å². The van der Waals surface area contributed by atoms with E-state index in [0.29, 0.717) is 43.5 Å². The molecule has 0 fully saturated rings. The Morgan fingerprint density at radius 1 is 1.16 bits per heavy atom. The van der Waals surface area contributed by atoms with Gasteiger partial charge in [-0.3, -0.25) is 4.79 Å². The quantitative estimate of drug-likeness (QED) is 0.131. The Kier molecular flexibility index (Phi) is 13.6. The number of anilines is 1. The van der Waals surface area contributed by atoms with E-state index in [9.17, 15) is 4.79 Å². The average molecular weight is 550 g/mol. The zero-order valence-corrected chi connectivity index (χ0v) is 20.8. The van der Waals surface area contributed by atoms with Gasteiger partial charge in [-0.1, -0.05) is 24.1 Å². The number of carbonyl (C=O) groups excluding carboxylic acids is 1.